The molecule has 0 saturated heterocycles. The summed E-state index contributed by atoms with van der Waals surface area (Å²) in [7, 11) is 1.36. The second kappa shape index (κ2) is 8.51. The van der Waals surface area contributed by atoms with Gasteiger partial charge in [-0.1, -0.05) is 41.9 Å². The van der Waals surface area contributed by atoms with E-state index < -0.39 is 0 Å². The predicted octanol–water partition coefficient (Wildman–Crippen LogP) is 5.83. The Kier molecular flexibility index (Phi) is 5.63. The summed E-state index contributed by atoms with van der Waals surface area (Å²) >= 11 is 6.20. The van der Waals surface area contributed by atoms with Gasteiger partial charge in [0, 0.05) is 10.4 Å². The van der Waals surface area contributed by atoms with Crippen LogP contribution in [0.2, 0.25) is 5.02 Å². The number of halogens is 2. The first kappa shape index (κ1) is 19.9. The van der Waals surface area contributed by atoms with Crippen molar-refractivity contribution in [1.82, 2.24) is 9.78 Å². The molecule has 0 bridgehead atoms. The zero-order chi connectivity index (χ0) is 21.1. The highest BCUT2D eigenvalue weighted by atomic mass is 35.5. The maximum atomic E-state index is 13.2. The quantitative estimate of drug-likeness (QED) is 0.381. The van der Waals surface area contributed by atoms with Gasteiger partial charge in [0.05, 0.1) is 30.4 Å². The van der Waals surface area contributed by atoms with Crippen LogP contribution < -0.4 is 0 Å². The minimum absolute atomic E-state index is 0.269. The van der Waals surface area contributed by atoms with Gasteiger partial charge in [0.2, 0.25) is 0 Å². The molecule has 0 N–H and O–H groups in total. The fourth-order valence-corrected chi connectivity index (χ4v) is 3.37. The second-order valence-corrected chi connectivity index (χ2v) is 7.21. The molecular weight excluding hydrogens is 403 g/mol. The third-order valence-corrected chi connectivity index (χ3v) is 4.99. The number of hydrogen-bond donors (Lipinski definition) is 0. The van der Waals surface area contributed by atoms with E-state index in [-0.39, 0.29) is 11.8 Å². The van der Waals surface area contributed by atoms with Crippen molar-refractivity contribution in [2.45, 2.75) is 6.54 Å². The van der Waals surface area contributed by atoms with Crippen LogP contribution in [0.1, 0.15) is 27.2 Å². The van der Waals surface area contributed by atoms with Crippen LogP contribution in [0.3, 0.4) is 0 Å². The lowest BCUT2D eigenvalue weighted by Gasteiger charge is -2.04. The van der Waals surface area contributed by atoms with Gasteiger partial charge >= 0.3 is 5.97 Å². The summed E-state index contributed by atoms with van der Waals surface area (Å²) in [5.74, 6) is -0.637. The number of ether oxygens (including phenoxy) is 1. The van der Waals surface area contributed by atoms with Crippen molar-refractivity contribution in [2.24, 2.45) is 0 Å². The first-order chi connectivity index (χ1) is 14.5. The number of fused-ring (bicyclic) bond motifs is 1. The highest BCUT2D eigenvalue weighted by Gasteiger charge is 2.10. The minimum atomic E-state index is -0.368. The largest absolute Gasteiger partial charge is 0.465 e. The van der Waals surface area contributed by atoms with E-state index in [1.54, 1.807) is 24.3 Å². The van der Waals surface area contributed by atoms with Crippen molar-refractivity contribution >= 4 is 40.6 Å². The lowest BCUT2D eigenvalue weighted by molar-refractivity contribution is 0.0600. The average Bonchev–Trinajstić information content (AvgIpc) is 3.10. The Morgan fingerprint density at radius 3 is 2.50 bits per heavy atom. The first-order valence-corrected chi connectivity index (χ1v) is 9.68. The molecule has 0 fully saturated rings. The Labute approximate surface area is 178 Å². The smallest absolute Gasteiger partial charge is 0.337 e. The lowest BCUT2D eigenvalue weighted by atomic mass is 10.1. The number of esters is 1. The van der Waals surface area contributed by atoms with Gasteiger partial charge < -0.3 is 4.74 Å². The van der Waals surface area contributed by atoms with Gasteiger partial charge in [-0.3, -0.25) is 4.68 Å². The van der Waals surface area contributed by atoms with Crippen molar-refractivity contribution in [2.75, 3.05) is 7.11 Å². The van der Waals surface area contributed by atoms with Gasteiger partial charge in [-0.05, 0) is 59.7 Å². The average molecular weight is 421 g/mol. The number of carbonyl (C=O) groups is 1. The zero-order valence-electron chi connectivity index (χ0n) is 16.2. The van der Waals surface area contributed by atoms with Crippen molar-refractivity contribution in [3.63, 3.8) is 0 Å². The maximum absolute atomic E-state index is 13.2. The maximum Gasteiger partial charge on any atom is 0.337 e. The van der Waals surface area contributed by atoms with Crippen LogP contribution in [0.4, 0.5) is 4.39 Å². The summed E-state index contributed by atoms with van der Waals surface area (Å²) in [6, 6.07) is 19.1. The number of carbonyl (C=O) groups excluding carboxylic acids is 1. The van der Waals surface area contributed by atoms with Gasteiger partial charge in [0.25, 0.3) is 0 Å². The number of methoxy groups -OCH3 is 1. The molecule has 0 saturated carbocycles. The first-order valence-electron chi connectivity index (χ1n) is 9.30. The van der Waals surface area contributed by atoms with Crippen LogP contribution in [0.5, 0.6) is 0 Å². The van der Waals surface area contributed by atoms with Gasteiger partial charge in [-0.25, -0.2) is 9.18 Å². The Hall–Kier alpha value is -3.44. The Bertz CT molecular complexity index is 1230. The van der Waals surface area contributed by atoms with Crippen LogP contribution in [0, 0.1) is 5.82 Å². The Morgan fingerprint density at radius 2 is 1.80 bits per heavy atom. The number of hydrogen-bond acceptors (Lipinski definition) is 3. The van der Waals surface area contributed by atoms with E-state index in [2.05, 4.69) is 0 Å². The number of rotatable bonds is 5. The third kappa shape index (κ3) is 4.26. The molecule has 0 aliphatic carbocycles. The molecule has 0 aliphatic heterocycles. The summed E-state index contributed by atoms with van der Waals surface area (Å²) in [6.07, 6.45) is 3.85. The number of aromatic nitrogens is 2. The van der Waals surface area contributed by atoms with Gasteiger partial charge in [0.15, 0.2) is 0 Å². The van der Waals surface area contributed by atoms with E-state index in [0.29, 0.717) is 17.1 Å². The molecule has 0 amide bonds. The molecule has 6 heteroatoms. The fourth-order valence-electron chi connectivity index (χ4n) is 3.20. The molecule has 0 spiro atoms. The summed E-state index contributed by atoms with van der Waals surface area (Å²) in [5, 5.41) is 6.31. The zero-order valence-corrected chi connectivity index (χ0v) is 16.9. The van der Waals surface area contributed by atoms with Crippen LogP contribution in [-0.4, -0.2) is 22.9 Å². The molecule has 1 heterocycles. The molecule has 0 radical (unpaired) electrons. The molecule has 4 nitrogen and oxygen atoms in total. The van der Waals surface area contributed by atoms with Crippen LogP contribution >= 0.6 is 11.6 Å². The molecule has 0 atom stereocenters. The molecule has 30 heavy (non-hydrogen) atoms. The van der Waals surface area contributed by atoms with Gasteiger partial charge in [-0.2, -0.15) is 5.10 Å². The monoisotopic (exact) mass is 420 g/mol. The minimum Gasteiger partial charge on any atom is -0.465 e. The molecule has 0 unspecified atom stereocenters. The highest BCUT2D eigenvalue weighted by molar-refractivity contribution is 6.31. The molecular formula is C24H18ClFN2O2. The van der Waals surface area contributed by atoms with Crippen molar-refractivity contribution in [3.8, 4) is 0 Å². The van der Waals surface area contributed by atoms with E-state index in [0.717, 1.165) is 27.7 Å². The predicted molar refractivity (Wildman–Crippen MR) is 117 cm³/mol. The fraction of sp³-hybridized carbons (Fsp3) is 0.0833. The van der Waals surface area contributed by atoms with Gasteiger partial charge in [0.1, 0.15) is 5.82 Å². The van der Waals surface area contributed by atoms with Crippen molar-refractivity contribution in [1.29, 1.82) is 0 Å². The van der Waals surface area contributed by atoms with E-state index in [1.807, 2.05) is 47.2 Å². The van der Waals surface area contributed by atoms with Crippen LogP contribution in [0.25, 0.3) is 23.1 Å². The van der Waals surface area contributed by atoms with E-state index in [4.69, 9.17) is 21.4 Å². The van der Waals surface area contributed by atoms with Gasteiger partial charge in [-0.15, -0.1) is 0 Å². The summed E-state index contributed by atoms with van der Waals surface area (Å²) < 4.78 is 19.8. The Balaban J connectivity index is 1.66. The van der Waals surface area contributed by atoms with E-state index >= 15 is 0 Å². The van der Waals surface area contributed by atoms with Crippen molar-refractivity contribution < 1.29 is 13.9 Å². The standard InChI is InChI=1S/C24H18ClFN2O2/c1-30-24(29)18-7-2-16(3-8-18)6-13-22-21-12-9-19(25)14-23(21)28(27-22)15-17-4-10-20(26)11-5-17/h2-14H,15H2,1H3/b13-6+. The molecule has 0 aliphatic rings. The van der Waals surface area contributed by atoms with E-state index in [9.17, 15) is 9.18 Å². The number of benzene rings is 3. The SMILES string of the molecule is COC(=O)c1ccc(/C=C/c2nn(Cc3ccc(F)cc3)c3cc(Cl)ccc23)cc1. The normalized spacial score (nSPS) is 11.3. The van der Waals surface area contributed by atoms with Crippen LogP contribution in [0.15, 0.2) is 66.7 Å². The molecule has 3 aromatic carbocycles. The van der Waals surface area contributed by atoms with E-state index in [1.165, 1.54) is 19.2 Å². The summed E-state index contributed by atoms with van der Waals surface area (Å²) in [5.41, 5.74) is 4.05. The Morgan fingerprint density at radius 1 is 1.07 bits per heavy atom. The topological polar surface area (TPSA) is 44.1 Å². The summed E-state index contributed by atoms with van der Waals surface area (Å²) in [6.45, 7) is 0.499. The number of nitrogens with zero attached hydrogens (tertiary/aromatic N) is 2. The molecule has 150 valence electrons. The third-order valence-electron chi connectivity index (χ3n) is 4.75. The lowest BCUT2D eigenvalue weighted by Crippen LogP contribution is -2.01. The highest BCUT2D eigenvalue weighted by Crippen LogP contribution is 2.25. The molecule has 4 rings (SSSR count). The second-order valence-electron chi connectivity index (χ2n) is 6.78. The molecule has 1 aromatic heterocycles. The van der Waals surface area contributed by atoms with Crippen LogP contribution in [-0.2, 0) is 11.3 Å². The summed E-state index contributed by atoms with van der Waals surface area (Å²) in [4.78, 5) is 11.6. The molecule has 4 aromatic rings. The van der Waals surface area contributed by atoms with Crippen molar-refractivity contribution in [3.05, 3.63) is 100.0 Å².